The van der Waals surface area contributed by atoms with Gasteiger partial charge in [0, 0.05) is 35.1 Å². The third-order valence-corrected chi connectivity index (χ3v) is 12.1. The van der Waals surface area contributed by atoms with Crippen LogP contribution >= 0.6 is 0 Å². The number of benzene rings is 2. The van der Waals surface area contributed by atoms with Crippen molar-refractivity contribution in [2.24, 2.45) is 52.3 Å². The summed E-state index contributed by atoms with van der Waals surface area (Å²) in [5.74, 6) is 2.50. The van der Waals surface area contributed by atoms with Gasteiger partial charge in [0.15, 0.2) is 0 Å². The first-order valence-electron chi connectivity index (χ1n) is 15.8. The van der Waals surface area contributed by atoms with Crippen molar-refractivity contribution in [3.8, 4) is 6.19 Å². The highest BCUT2D eigenvalue weighted by molar-refractivity contribution is 5.95. The second-order valence-electron chi connectivity index (χ2n) is 13.9. The summed E-state index contributed by atoms with van der Waals surface area (Å²) in [6.07, 6.45) is 0.512. The van der Waals surface area contributed by atoms with Gasteiger partial charge >= 0.3 is 12.4 Å². The molecule has 5 aliphatic rings. The normalized spacial score (nSPS) is 37.6. The van der Waals surface area contributed by atoms with Gasteiger partial charge in [-0.25, -0.2) is 0 Å². The van der Waals surface area contributed by atoms with Gasteiger partial charge in [-0.1, -0.05) is 24.3 Å². The highest BCUT2D eigenvalue weighted by Crippen LogP contribution is 2.63. The van der Waals surface area contributed by atoms with E-state index in [1.54, 1.807) is 24.3 Å². The maximum absolute atomic E-state index is 13.1. The molecule has 232 valence electrons. The van der Waals surface area contributed by atoms with E-state index in [9.17, 15) is 37.0 Å². The molecular weight excluding hydrogens is 576 g/mol. The van der Waals surface area contributed by atoms with Crippen LogP contribution in [0.15, 0.2) is 53.5 Å². The molecule has 0 aliphatic heterocycles. The van der Waals surface area contributed by atoms with Crippen molar-refractivity contribution in [3.05, 3.63) is 70.8 Å². The molecule has 5 saturated carbocycles. The molecule has 0 amide bonds. The zero-order chi connectivity index (χ0) is 31.0. The molecule has 5 aliphatic carbocycles. The van der Waals surface area contributed by atoms with Crippen molar-refractivity contribution in [1.82, 2.24) is 0 Å². The monoisotopic (exact) mass is 611 g/mol. The third-order valence-electron chi connectivity index (χ3n) is 12.1. The number of hydrogen-bond donors (Lipinski definition) is 1. The van der Waals surface area contributed by atoms with Crippen molar-refractivity contribution in [2.45, 2.75) is 75.6 Å². The third kappa shape index (κ3) is 4.97. The Bertz CT molecular complexity index is 1480. The number of aliphatic imine (C=N–C) groups is 1. The molecule has 0 radical (unpaired) electrons. The Morgan fingerprint density at radius 3 is 1.52 bits per heavy atom. The van der Waals surface area contributed by atoms with Crippen LogP contribution in [0.1, 0.15) is 85.5 Å². The van der Waals surface area contributed by atoms with Gasteiger partial charge in [-0.15, -0.1) is 0 Å². The van der Waals surface area contributed by atoms with E-state index >= 15 is 0 Å². The summed E-state index contributed by atoms with van der Waals surface area (Å²) in [4.78, 5) is 4.40. The van der Waals surface area contributed by atoms with Crippen LogP contribution in [-0.2, 0) is 12.4 Å². The summed E-state index contributed by atoms with van der Waals surface area (Å²) in [5.41, 5.74) is 2.28. The van der Waals surface area contributed by atoms with E-state index in [1.165, 1.54) is 12.1 Å². The summed E-state index contributed by atoms with van der Waals surface area (Å²) in [7, 11) is 0. The lowest BCUT2D eigenvalue weighted by Crippen LogP contribution is -2.35. The van der Waals surface area contributed by atoms with Gasteiger partial charge in [0.25, 0.3) is 0 Å². The first kappa shape index (κ1) is 29.6. The molecule has 0 spiro atoms. The van der Waals surface area contributed by atoms with Crippen LogP contribution in [0, 0.1) is 64.2 Å². The van der Waals surface area contributed by atoms with Gasteiger partial charge in [-0.3, -0.25) is 0 Å². The van der Waals surface area contributed by atoms with Gasteiger partial charge in [-0.05, 0) is 122 Å². The van der Waals surface area contributed by atoms with E-state index in [-0.39, 0.29) is 35.5 Å². The minimum atomic E-state index is -4.36. The van der Waals surface area contributed by atoms with Gasteiger partial charge in [0.2, 0.25) is 6.19 Å². The van der Waals surface area contributed by atoms with E-state index in [2.05, 4.69) is 11.2 Å². The van der Waals surface area contributed by atoms with Crippen LogP contribution in [0.3, 0.4) is 0 Å². The molecule has 44 heavy (non-hydrogen) atoms. The summed E-state index contributed by atoms with van der Waals surface area (Å²) < 4.78 is 78.6. The summed E-state index contributed by atoms with van der Waals surface area (Å²) in [6.45, 7) is 0. The first-order chi connectivity index (χ1) is 20.9. The van der Waals surface area contributed by atoms with Crippen molar-refractivity contribution in [2.75, 3.05) is 0 Å². The Morgan fingerprint density at radius 1 is 0.591 bits per heavy atom. The lowest BCUT2D eigenvalue weighted by atomic mass is 9.63. The van der Waals surface area contributed by atoms with Gasteiger partial charge in [0.05, 0.1) is 11.1 Å². The maximum atomic E-state index is 13.1. The van der Waals surface area contributed by atoms with Crippen LogP contribution in [0.4, 0.5) is 26.3 Å². The fourth-order valence-corrected chi connectivity index (χ4v) is 10.3. The number of nitrogens with one attached hydrogen (secondary N) is 1. The lowest BCUT2D eigenvalue weighted by Gasteiger charge is -2.41. The first-order valence-corrected chi connectivity index (χ1v) is 15.8. The largest absolute Gasteiger partial charge is 0.416 e. The molecule has 0 heterocycles. The average molecular weight is 612 g/mol. The quantitative estimate of drug-likeness (QED) is 0.267. The molecule has 3 nitrogen and oxygen atoms in total. The fourth-order valence-electron chi connectivity index (χ4n) is 10.3. The predicted molar refractivity (Wildman–Crippen MR) is 154 cm³/mol. The minimum absolute atomic E-state index is 0.130. The predicted octanol–water partition coefficient (Wildman–Crippen LogP) is 9.65. The topological polar surface area (TPSA) is 60.0 Å². The minimum Gasteiger partial charge on any atom is -0.309 e. The smallest absolute Gasteiger partial charge is 0.309 e. The number of fused-ring (bicyclic) bond motifs is 6. The van der Waals surface area contributed by atoms with Gasteiger partial charge in [0.1, 0.15) is 0 Å². The Hall–Kier alpha value is -3.15. The zero-order valence-corrected chi connectivity index (χ0v) is 24.2. The molecule has 0 aromatic heterocycles. The molecule has 2 aromatic carbocycles. The molecule has 9 heteroatoms. The lowest BCUT2D eigenvalue weighted by molar-refractivity contribution is -0.138. The molecule has 0 bridgehead atoms. The highest BCUT2D eigenvalue weighted by atomic mass is 19.4. The van der Waals surface area contributed by atoms with Crippen LogP contribution in [0.5, 0.6) is 0 Å². The Kier molecular flexibility index (Phi) is 7.21. The van der Waals surface area contributed by atoms with Crippen molar-refractivity contribution in [3.63, 3.8) is 0 Å². The van der Waals surface area contributed by atoms with E-state index in [1.807, 2.05) is 0 Å². The number of nitriles is 1. The Morgan fingerprint density at radius 2 is 1.02 bits per heavy atom. The second-order valence-corrected chi connectivity index (χ2v) is 13.9. The van der Waals surface area contributed by atoms with E-state index in [0.717, 1.165) is 86.0 Å². The van der Waals surface area contributed by atoms with Crippen molar-refractivity contribution < 1.29 is 26.3 Å². The SMILES string of the molecule is N#CN=C1C2CC(c3ccc(C(F)(F)F)cc3)CCC2C2CC3C(CC12)C(=N)C1CC(c2ccc(C(F)(F)F)cc2)CCC13. The second kappa shape index (κ2) is 10.7. The summed E-state index contributed by atoms with van der Waals surface area (Å²) in [5, 5.41) is 18.9. The Balaban J connectivity index is 1.07. The van der Waals surface area contributed by atoms with Crippen LogP contribution in [0.25, 0.3) is 0 Å². The Labute approximate surface area is 253 Å². The number of halogens is 6. The van der Waals surface area contributed by atoms with Gasteiger partial charge < -0.3 is 5.41 Å². The van der Waals surface area contributed by atoms with Crippen LogP contribution in [0.2, 0.25) is 0 Å². The molecule has 5 fully saturated rings. The molecule has 2 aromatic rings. The highest BCUT2D eigenvalue weighted by Gasteiger charge is 2.59. The van der Waals surface area contributed by atoms with Crippen LogP contribution in [-0.4, -0.2) is 11.4 Å². The van der Waals surface area contributed by atoms with Gasteiger partial charge in [-0.2, -0.15) is 36.6 Å². The number of rotatable bonds is 2. The average Bonchev–Trinajstić information content (AvgIpc) is 3.45. The van der Waals surface area contributed by atoms with E-state index in [0.29, 0.717) is 23.7 Å². The number of nitrogens with zero attached hydrogens (tertiary/aromatic N) is 2. The van der Waals surface area contributed by atoms with Crippen LogP contribution < -0.4 is 0 Å². The molecule has 0 saturated heterocycles. The molecule has 10 atom stereocenters. The zero-order valence-electron chi connectivity index (χ0n) is 24.2. The fraction of sp³-hybridized carbons (Fsp3) is 0.571. The maximum Gasteiger partial charge on any atom is 0.416 e. The van der Waals surface area contributed by atoms with Crippen molar-refractivity contribution >= 4 is 11.4 Å². The van der Waals surface area contributed by atoms with E-state index in [4.69, 9.17) is 0 Å². The number of alkyl halides is 6. The molecule has 10 unspecified atom stereocenters. The molecular formula is C35H35F6N3. The number of hydrogen-bond acceptors (Lipinski definition) is 3. The summed E-state index contributed by atoms with van der Waals surface area (Å²) in [6, 6.07) is 11.1. The van der Waals surface area contributed by atoms with E-state index < -0.39 is 23.5 Å². The standard InChI is InChI=1S/C35H35F6N3/c36-34(37,38)22-7-1-18(2-8-22)20-5-11-24-26-15-27-25-12-6-21(19-3-9-23(10-4-19)35(39,40)41)14-30(25)33(44-17-42)31(27)16-29(26)32(43)28(24)13-20/h1-4,7-10,20-21,24-31,43H,5-6,11-16H2. The molecule has 1 N–H and O–H groups in total. The van der Waals surface area contributed by atoms with Crippen molar-refractivity contribution in [1.29, 1.82) is 10.7 Å². The summed E-state index contributed by atoms with van der Waals surface area (Å²) >= 11 is 0. The molecule has 7 rings (SSSR count).